The zero-order valence-corrected chi connectivity index (χ0v) is 17.4. The molecule has 4 N–H and O–H groups in total. The number of thiocarbonyl (C=S) groups is 1. The Bertz CT molecular complexity index is 1110. The summed E-state index contributed by atoms with van der Waals surface area (Å²) in [7, 11) is -3.73. The molecule has 0 amide bonds. The molecular weight excluding hydrogens is 441 g/mol. The van der Waals surface area contributed by atoms with Gasteiger partial charge in [0.2, 0.25) is 10.0 Å². The fourth-order valence-electron chi connectivity index (χ4n) is 2.35. The summed E-state index contributed by atoms with van der Waals surface area (Å²) in [6, 6.07) is 13.0. The van der Waals surface area contributed by atoms with Crippen molar-refractivity contribution in [2.45, 2.75) is 11.4 Å². The molecule has 0 spiro atoms. The summed E-state index contributed by atoms with van der Waals surface area (Å²) in [6.07, 6.45) is 1.79. The lowest BCUT2D eigenvalue weighted by Crippen LogP contribution is -2.19. The summed E-state index contributed by atoms with van der Waals surface area (Å²) in [5.41, 5.74) is 1.49. The van der Waals surface area contributed by atoms with Gasteiger partial charge in [0.15, 0.2) is 10.9 Å². The van der Waals surface area contributed by atoms with E-state index in [1.54, 1.807) is 41.2 Å². The van der Waals surface area contributed by atoms with Crippen LogP contribution in [0.4, 0.5) is 11.5 Å². The van der Waals surface area contributed by atoms with Crippen LogP contribution in [0.15, 0.2) is 59.6 Å². The van der Waals surface area contributed by atoms with Gasteiger partial charge in [0.05, 0.1) is 11.4 Å². The van der Waals surface area contributed by atoms with E-state index in [2.05, 4.69) is 15.7 Å². The van der Waals surface area contributed by atoms with E-state index in [1.165, 1.54) is 12.1 Å². The molecule has 28 heavy (non-hydrogen) atoms. The molecule has 3 rings (SSSR count). The summed E-state index contributed by atoms with van der Waals surface area (Å²) >= 11 is 17.3. The average molecular weight is 456 g/mol. The monoisotopic (exact) mass is 455 g/mol. The molecule has 2 aromatic carbocycles. The molecular formula is C17H15Cl2N5O2S2. The Morgan fingerprint density at radius 1 is 1.11 bits per heavy atom. The highest BCUT2D eigenvalue weighted by molar-refractivity contribution is 7.89. The molecule has 0 aliphatic rings. The topological polar surface area (TPSA) is 102 Å². The first-order valence-electron chi connectivity index (χ1n) is 7.89. The predicted octanol–water partition coefficient (Wildman–Crippen LogP) is 3.69. The molecule has 0 radical (unpaired) electrons. The molecule has 146 valence electrons. The Balaban J connectivity index is 1.60. The molecule has 0 bridgehead atoms. The summed E-state index contributed by atoms with van der Waals surface area (Å²) in [6.45, 7) is 0.479. The van der Waals surface area contributed by atoms with E-state index < -0.39 is 10.0 Å². The van der Waals surface area contributed by atoms with E-state index in [1.807, 2.05) is 6.07 Å². The normalized spacial score (nSPS) is 11.2. The standard InChI is InChI=1S/C17H15Cl2N5O2S2/c18-12-2-1-11(15(19)9-12)10-24-8-7-16(23-24)22-17(27)21-13-3-5-14(6-4-13)28(20,25)26/h1-9H,10H2,(H2,20,25,26)(H2,21,22,23,27). The van der Waals surface area contributed by atoms with Gasteiger partial charge in [-0.2, -0.15) is 5.10 Å². The molecule has 0 unspecified atom stereocenters. The number of hydrogen-bond acceptors (Lipinski definition) is 4. The third-order valence-electron chi connectivity index (χ3n) is 3.67. The van der Waals surface area contributed by atoms with Crippen molar-refractivity contribution < 1.29 is 8.42 Å². The lowest BCUT2D eigenvalue weighted by Gasteiger charge is -2.09. The SMILES string of the molecule is NS(=O)(=O)c1ccc(NC(=S)Nc2ccn(Cc3ccc(Cl)cc3Cl)n2)cc1. The van der Waals surface area contributed by atoms with Crippen LogP contribution in [0.25, 0.3) is 0 Å². The molecule has 1 aromatic heterocycles. The van der Waals surface area contributed by atoms with Crippen molar-refractivity contribution in [3.8, 4) is 0 Å². The molecule has 3 aromatic rings. The maximum atomic E-state index is 11.3. The highest BCUT2D eigenvalue weighted by Gasteiger charge is 2.08. The number of primary sulfonamides is 1. The summed E-state index contributed by atoms with van der Waals surface area (Å²) in [4.78, 5) is 0.0246. The Morgan fingerprint density at radius 2 is 1.82 bits per heavy atom. The second-order valence-corrected chi connectivity index (χ2v) is 8.60. The lowest BCUT2D eigenvalue weighted by molar-refractivity contribution is 0.598. The van der Waals surface area contributed by atoms with Crippen molar-refractivity contribution in [1.82, 2.24) is 9.78 Å². The Morgan fingerprint density at radius 3 is 2.46 bits per heavy atom. The van der Waals surface area contributed by atoms with E-state index in [4.69, 9.17) is 40.6 Å². The van der Waals surface area contributed by atoms with Gasteiger partial charge < -0.3 is 10.6 Å². The molecule has 0 saturated heterocycles. The number of halogens is 2. The minimum absolute atomic E-state index is 0.0246. The van der Waals surface area contributed by atoms with Crippen molar-refractivity contribution in [3.63, 3.8) is 0 Å². The number of nitrogens with two attached hydrogens (primary N) is 1. The molecule has 0 fully saturated rings. The van der Waals surface area contributed by atoms with Crippen molar-refractivity contribution in [2.24, 2.45) is 5.14 Å². The first-order chi connectivity index (χ1) is 13.2. The van der Waals surface area contributed by atoms with Crippen LogP contribution in [-0.4, -0.2) is 23.3 Å². The number of aromatic nitrogens is 2. The van der Waals surface area contributed by atoms with Crippen LogP contribution in [-0.2, 0) is 16.6 Å². The fourth-order valence-corrected chi connectivity index (χ4v) is 3.55. The summed E-state index contributed by atoms with van der Waals surface area (Å²) < 4.78 is 24.3. The van der Waals surface area contributed by atoms with Gasteiger partial charge >= 0.3 is 0 Å². The lowest BCUT2D eigenvalue weighted by atomic mass is 10.2. The highest BCUT2D eigenvalue weighted by Crippen LogP contribution is 2.22. The van der Waals surface area contributed by atoms with Crippen LogP contribution in [0, 0.1) is 0 Å². The van der Waals surface area contributed by atoms with Crippen LogP contribution in [0.5, 0.6) is 0 Å². The first-order valence-corrected chi connectivity index (χ1v) is 10.6. The van der Waals surface area contributed by atoms with Crippen molar-refractivity contribution in [3.05, 3.63) is 70.3 Å². The zero-order chi connectivity index (χ0) is 20.3. The third kappa shape index (κ3) is 5.43. The number of benzene rings is 2. The van der Waals surface area contributed by atoms with E-state index in [0.717, 1.165) is 5.56 Å². The summed E-state index contributed by atoms with van der Waals surface area (Å²) in [5.74, 6) is 0.545. The van der Waals surface area contributed by atoms with Gasteiger partial charge in [0.1, 0.15) is 0 Å². The van der Waals surface area contributed by atoms with Gasteiger partial charge in [-0.15, -0.1) is 0 Å². The van der Waals surface area contributed by atoms with Gasteiger partial charge in [-0.1, -0.05) is 29.3 Å². The van der Waals surface area contributed by atoms with Crippen LogP contribution < -0.4 is 15.8 Å². The number of anilines is 2. The van der Waals surface area contributed by atoms with Crippen LogP contribution in [0.2, 0.25) is 10.0 Å². The second kappa shape index (κ2) is 8.46. The van der Waals surface area contributed by atoms with E-state index in [-0.39, 0.29) is 4.90 Å². The maximum absolute atomic E-state index is 11.3. The quantitative estimate of drug-likeness (QED) is 0.506. The van der Waals surface area contributed by atoms with Crippen molar-refractivity contribution >= 4 is 62.1 Å². The number of rotatable bonds is 5. The third-order valence-corrected chi connectivity index (χ3v) is 5.39. The smallest absolute Gasteiger partial charge is 0.238 e. The van der Waals surface area contributed by atoms with Gasteiger partial charge in [-0.05, 0) is 54.2 Å². The Hall–Kier alpha value is -2.17. The molecule has 0 atom stereocenters. The van der Waals surface area contributed by atoms with Crippen LogP contribution >= 0.6 is 35.4 Å². The van der Waals surface area contributed by atoms with Gasteiger partial charge in [-0.25, -0.2) is 13.6 Å². The number of nitrogens with zero attached hydrogens (tertiary/aromatic N) is 2. The predicted molar refractivity (Wildman–Crippen MR) is 115 cm³/mol. The van der Waals surface area contributed by atoms with Gasteiger partial charge in [0, 0.05) is 28.0 Å². The molecule has 1 heterocycles. The minimum Gasteiger partial charge on any atom is -0.332 e. The van der Waals surface area contributed by atoms with Crippen LogP contribution in [0.1, 0.15) is 5.56 Å². The average Bonchev–Trinajstić information content (AvgIpc) is 3.04. The molecule has 11 heteroatoms. The molecule has 0 aliphatic carbocycles. The van der Waals surface area contributed by atoms with E-state index in [9.17, 15) is 8.42 Å². The largest absolute Gasteiger partial charge is 0.332 e. The van der Waals surface area contributed by atoms with E-state index in [0.29, 0.717) is 33.2 Å². The summed E-state index contributed by atoms with van der Waals surface area (Å²) in [5, 5.41) is 16.8. The van der Waals surface area contributed by atoms with Crippen molar-refractivity contribution in [2.75, 3.05) is 10.6 Å². The zero-order valence-electron chi connectivity index (χ0n) is 14.3. The number of sulfonamides is 1. The van der Waals surface area contributed by atoms with Gasteiger partial charge in [0.25, 0.3) is 0 Å². The van der Waals surface area contributed by atoms with Gasteiger partial charge in [-0.3, -0.25) is 4.68 Å². The maximum Gasteiger partial charge on any atom is 0.238 e. The van der Waals surface area contributed by atoms with E-state index >= 15 is 0 Å². The highest BCUT2D eigenvalue weighted by atomic mass is 35.5. The first kappa shape index (κ1) is 20.6. The van der Waals surface area contributed by atoms with Crippen molar-refractivity contribution in [1.29, 1.82) is 0 Å². The molecule has 0 saturated carbocycles. The van der Waals surface area contributed by atoms with Crippen LogP contribution in [0.3, 0.4) is 0 Å². The number of hydrogen-bond donors (Lipinski definition) is 3. The minimum atomic E-state index is -3.73. The molecule has 7 nitrogen and oxygen atoms in total. The number of nitrogens with one attached hydrogen (secondary N) is 2. The Kier molecular flexibility index (Phi) is 6.21. The Labute approximate surface area is 177 Å². The second-order valence-electron chi connectivity index (χ2n) is 5.78. The fraction of sp³-hybridized carbons (Fsp3) is 0.0588. The molecule has 0 aliphatic heterocycles.